The van der Waals surface area contributed by atoms with Crippen molar-refractivity contribution >= 4 is 27.2 Å². The first-order valence-corrected chi connectivity index (χ1v) is 10.3. The van der Waals surface area contributed by atoms with Crippen LogP contribution in [-0.2, 0) is 6.42 Å². The second-order valence-electron chi connectivity index (χ2n) is 6.88. The van der Waals surface area contributed by atoms with Crippen LogP contribution in [0.15, 0.2) is 48.5 Å². The number of aryl methyl sites for hydroxylation is 1. The Hall–Kier alpha value is -2.15. The van der Waals surface area contributed by atoms with Gasteiger partial charge in [-0.15, -0.1) is 11.3 Å². The number of methoxy groups -OCH3 is 1. The number of ether oxygens (including phenoxy) is 1. The Kier molecular flexibility index (Phi) is 5.57. The number of thiazole rings is 1. The molecule has 27 heavy (non-hydrogen) atoms. The first kappa shape index (κ1) is 18.2. The van der Waals surface area contributed by atoms with Crippen molar-refractivity contribution in [1.82, 2.24) is 9.88 Å². The summed E-state index contributed by atoms with van der Waals surface area (Å²) >= 11 is 1.78. The summed E-state index contributed by atoms with van der Waals surface area (Å²) in [6.07, 6.45) is 1.96. The van der Waals surface area contributed by atoms with Crippen LogP contribution in [0.5, 0.6) is 5.75 Å². The highest BCUT2D eigenvalue weighted by Gasteiger charge is 2.23. The largest absolute Gasteiger partial charge is 0.495 e. The van der Waals surface area contributed by atoms with Crippen LogP contribution < -0.4 is 15.4 Å². The maximum Gasteiger partial charge on any atom is 0.142 e. The number of rotatable bonds is 6. The average Bonchev–Trinajstić information content (AvgIpc) is 3.15. The van der Waals surface area contributed by atoms with Crippen LogP contribution in [-0.4, -0.2) is 49.3 Å². The Morgan fingerprint density at radius 2 is 1.81 bits per heavy atom. The molecule has 0 spiro atoms. The fraction of sp³-hybridized carbons (Fsp3) is 0.381. The Morgan fingerprint density at radius 3 is 2.59 bits per heavy atom. The van der Waals surface area contributed by atoms with Gasteiger partial charge < -0.3 is 15.4 Å². The number of nitrogens with zero attached hydrogens (tertiary/aromatic N) is 3. The minimum atomic E-state index is 0.0804. The number of hydrogen-bond donors (Lipinski definition) is 1. The van der Waals surface area contributed by atoms with Crippen LogP contribution in [0, 0.1) is 0 Å². The van der Waals surface area contributed by atoms with Gasteiger partial charge in [-0.1, -0.05) is 24.3 Å². The van der Waals surface area contributed by atoms with E-state index in [2.05, 4.69) is 40.1 Å². The Morgan fingerprint density at radius 1 is 1.07 bits per heavy atom. The lowest BCUT2D eigenvalue weighted by molar-refractivity contribution is 0.180. The second-order valence-corrected chi connectivity index (χ2v) is 7.99. The van der Waals surface area contributed by atoms with Crippen molar-refractivity contribution in [2.45, 2.75) is 19.0 Å². The van der Waals surface area contributed by atoms with Gasteiger partial charge in [0, 0.05) is 32.6 Å². The molecule has 3 aromatic rings. The van der Waals surface area contributed by atoms with Crippen molar-refractivity contribution in [3.63, 3.8) is 0 Å². The van der Waals surface area contributed by atoms with Crippen molar-refractivity contribution in [1.29, 1.82) is 0 Å². The molecule has 0 amide bonds. The number of nitrogens with two attached hydrogens (primary N) is 1. The topological polar surface area (TPSA) is 54.6 Å². The van der Waals surface area contributed by atoms with Gasteiger partial charge in [0.25, 0.3) is 0 Å². The predicted molar refractivity (Wildman–Crippen MR) is 113 cm³/mol. The summed E-state index contributed by atoms with van der Waals surface area (Å²) in [7, 11) is 1.73. The van der Waals surface area contributed by atoms with Gasteiger partial charge in [-0.05, 0) is 30.7 Å². The highest BCUT2D eigenvalue weighted by molar-refractivity contribution is 7.18. The molecule has 0 aliphatic carbocycles. The van der Waals surface area contributed by atoms with Gasteiger partial charge in [0.1, 0.15) is 5.75 Å². The minimum absolute atomic E-state index is 0.0804. The SMILES string of the molecule is COc1ccccc1N1CCN(C(N)CCc2nc3ccccc3s2)CC1. The molecule has 5 nitrogen and oxygen atoms in total. The van der Waals surface area contributed by atoms with Crippen LogP contribution in [0.1, 0.15) is 11.4 Å². The standard InChI is InChI=1S/C21H26N4OS/c1-26-18-8-4-3-7-17(18)24-12-14-25(15-13-24)20(22)10-11-21-23-16-6-2-5-9-19(16)27-21/h2-9,20H,10-15,22H2,1H3. The van der Waals surface area contributed by atoms with E-state index in [9.17, 15) is 0 Å². The first-order valence-electron chi connectivity index (χ1n) is 9.46. The summed E-state index contributed by atoms with van der Waals surface area (Å²) in [5, 5.41) is 1.18. The second kappa shape index (κ2) is 8.25. The molecule has 1 unspecified atom stereocenters. The number of anilines is 1. The third kappa shape index (κ3) is 4.08. The Balaban J connectivity index is 1.31. The molecule has 1 atom stereocenters. The van der Waals surface area contributed by atoms with Crippen LogP contribution in [0.4, 0.5) is 5.69 Å². The van der Waals surface area contributed by atoms with E-state index in [0.29, 0.717) is 0 Å². The molecule has 1 aliphatic rings. The molecular formula is C21H26N4OS. The van der Waals surface area contributed by atoms with E-state index in [0.717, 1.165) is 50.3 Å². The van der Waals surface area contributed by atoms with Gasteiger partial charge >= 0.3 is 0 Å². The van der Waals surface area contributed by atoms with Crippen molar-refractivity contribution in [2.75, 3.05) is 38.2 Å². The molecule has 1 aromatic heterocycles. The molecule has 2 heterocycles. The number of hydrogen-bond acceptors (Lipinski definition) is 6. The van der Waals surface area contributed by atoms with E-state index in [-0.39, 0.29) is 6.17 Å². The zero-order valence-corrected chi connectivity index (χ0v) is 16.5. The molecule has 142 valence electrons. The van der Waals surface area contributed by atoms with Gasteiger partial charge in [0.15, 0.2) is 0 Å². The molecule has 1 fully saturated rings. The molecule has 1 aliphatic heterocycles. The summed E-state index contributed by atoms with van der Waals surface area (Å²) in [5.41, 5.74) is 8.75. The van der Waals surface area contributed by atoms with Crippen molar-refractivity contribution < 1.29 is 4.74 Å². The number of benzene rings is 2. The normalized spacial score (nSPS) is 16.6. The third-order valence-corrected chi connectivity index (χ3v) is 6.30. The predicted octanol–water partition coefficient (Wildman–Crippen LogP) is 3.34. The van der Waals surface area contributed by atoms with E-state index in [1.807, 2.05) is 18.2 Å². The Labute approximate surface area is 164 Å². The maximum atomic E-state index is 6.49. The van der Waals surface area contributed by atoms with Gasteiger partial charge in [0.05, 0.1) is 34.2 Å². The lowest BCUT2D eigenvalue weighted by atomic mass is 10.2. The van der Waals surface area contributed by atoms with Crippen LogP contribution >= 0.6 is 11.3 Å². The van der Waals surface area contributed by atoms with E-state index in [1.165, 1.54) is 15.4 Å². The highest BCUT2D eigenvalue weighted by atomic mass is 32.1. The quantitative estimate of drug-likeness (QED) is 0.709. The van der Waals surface area contributed by atoms with Gasteiger partial charge in [-0.25, -0.2) is 4.98 Å². The van der Waals surface area contributed by atoms with Crippen molar-refractivity contribution in [3.05, 3.63) is 53.5 Å². The number of fused-ring (bicyclic) bond motifs is 1. The van der Waals surface area contributed by atoms with Crippen LogP contribution in [0.25, 0.3) is 10.2 Å². The van der Waals surface area contributed by atoms with Gasteiger partial charge in [0.2, 0.25) is 0 Å². The lowest BCUT2D eigenvalue weighted by Gasteiger charge is -2.39. The van der Waals surface area contributed by atoms with Crippen LogP contribution in [0.3, 0.4) is 0 Å². The van der Waals surface area contributed by atoms with Crippen molar-refractivity contribution in [3.8, 4) is 5.75 Å². The molecular weight excluding hydrogens is 356 g/mol. The first-order chi connectivity index (χ1) is 13.2. The van der Waals surface area contributed by atoms with Crippen LogP contribution in [0.2, 0.25) is 0 Å². The number of aromatic nitrogens is 1. The molecule has 2 N–H and O–H groups in total. The summed E-state index contributed by atoms with van der Waals surface area (Å²) < 4.78 is 6.76. The van der Waals surface area contributed by atoms with Gasteiger partial charge in [-0.2, -0.15) is 0 Å². The van der Waals surface area contributed by atoms with Gasteiger partial charge in [-0.3, -0.25) is 4.90 Å². The fourth-order valence-corrected chi connectivity index (χ4v) is 4.65. The third-order valence-electron chi connectivity index (χ3n) is 5.20. The maximum absolute atomic E-state index is 6.49. The lowest BCUT2D eigenvalue weighted by Crippen LogP contribution is -2.53. The van der Waals surface area contributed by atoms with E-state index >= 15 is 0 Å². The summed E-state index contributed by atoms with van der Waals surface area (Å²) in [6.45, 7) is 3.88. The summed E-state index contributed by atoms with van der Waals surface area (Å²) in [4.78, 5) is 9.50. The molecule has 0 saturated carbocycles. The molecule has 2 aromatic carbocycles. The summed E-state index contributed by atoms with van der Waals surface area (Å²) in [6, 6.07) is 16.5. The number of piperazine rings is 1. The Bertz CT molecular complexity index is 856. The fourth-order valence-electron chi connectivity index (χ4n) is 3.67. The van der Waals surface area contributed by atoms with E-state index in [1.54, 1.807) is 18.4 Å². The zero-order chi connectivity index (χ0) is 18.6. The smallest absolute Gasteiger partial charge is 0.142 e. The monoisotopic (exact) mass is 382 g/mol. The minimum Gasteiger partial charge on any atom is -0.495 e. The van der Waals surface area contributed by atoms with Crippen molar-refractivity contribution in [2.24, 2.45) is 5.73 Å². The molecule has 1 saturated heterocycles. The molecule has 6 heteroatoms. The molecule has 4 rings (SSSR count). The molecule has 0 bridgehead atoms. The zero-order valence-electron chi connectivity index (χ0n) is 15.7. The van der Waals surface area contributed by atoms with E-state index in [4.69, 9.17) is 15.5 Å². The highest BCUT2D eigenvalue weighted by Crippen LogP contribution is 2.28. The summed E-state index contributed by atoms with van der Waals surface area (Å²) in [5.74, 6) is 0.936. The average molecular weight is 383 g/mol. The van der Waals surface area contributed by atoms with E-state index < -0.39 is 0 Å². The molecule has 0 radical (unpaired) electrons. The number of para-hydroxylation sites is 3.